The van der Waals surface area contributed by atoms with Crippen LogP contribution in [0.4, 0.5) is 4.39 Å². The summed E-state index contributed by atoms with van der Waals surface area (Å²) in [6.45, 7) is 4.61. The molecule has 0 nitrogen and oxygen atoms in total. The van der Waals surface area contributed by atoms with Crippen LogP contribution in [-0.2, 0) is 12.8 Å². The number of fused-ring (bicyclic) bond motifs is 1. The number of benzene rings is 3. The number of halogens is 1. The molecule has 4 rings (SSSR count). The number of unbranched alkanes of at least 4 members (excludes halogenated alkanes) is 4. The molecule has 1 heteroatoms. The second-order valence-electron chi connectivity index (χ2n) is 10.8. The maximum absolute atomic E-state index is 15.2. The zero-order chi connectivity index (χ0) is 24.5. The number of hydrogen-bond donors (Lipinski definition) is 0. The van der Waals surface area contributed by atoms with Crippen molar-refractivity contribution in [3.8, 4) is 11.8 Å². The Morgan fingerprint density at radius 1 is 0.771 bits per heavy atom. The fraction of sp³-hybridized carbons (Fsp3) is 0.471. The van der Waals surface area contributed by atoms with Crippen molar-refractivity contribution in [1.29, 1.82) is 0 Å². The third kappa shape index (κ3) is 7.44. The third-order valence-corrected chi connectivity index (χ3v) is 7.87. The van der Waals surface area contributed by atoms with Gasteiger partial charge in [-0.05, 0) is 78.3 Å². The van der Waals surface area contributed by atoms with E-state index in [-0.39, 0.29) is 5.82 Å². The summed E-state index contributed by atoms with van der Waals surface area (Å²) in [5.41, 5.74) is 4.21. The Kier molecular flexibility index (Phi) is 9.42. The van der Waals surface area contributed by atoms with E-state index in [1.54, 1.807) is 0 Å². The summed E-state index contributed by atoms with van der Waals surface area (Å²) in [5.74, 6) is 8.13. The average molecular weight is 469 g/mol. The number of hydrogen-bond acceptors (Lipinski definition) is 0. The lowest BCUT2D eigenvalue weighted by Crippen LogP contribution is -2.13. The summed E-state index contributed by atoms with van der Waals surface area (Å²) >= 11 is 0. The molecule has 1 fully saturated rings. The Balaban J connectivity index is 1.35. The third-order valence-electron chi connectivity index (χ3n) is 7.87. The van der Waals surface area contributed by atoms with E-state index in [0.717, 1.165) is 53.2 Å². The minimum Gasteiger partial charge on any atom is -0.206 e. The molecular weight excluding hydrogens is 427 g/mol. The molecule has 184 valence electrons. The van der Waals surface area contributed by atoms with E-state index in [2.05, 4.69) is 56.0 Å². The molecular formula is C34H41F. The molecule has 0 N–H and O–H groups in total. The minimum atomic E-state index is -0.0449. The summed E-state index contributed by atoms with van der Waals surface area (Å²) in [7, 11) is 0. The number of rotatable bonds is 9. The average Bonchev–Trinajstić information content (AvgIpc) is 2.88. The molecule has 0 unspecified atom stereocenters. The molecule has 0 atom stereocenters. The predicted octanol–water partition coefficient (Wildman–Crippen LogP) is 9.65. The van der Waals surface area contributed by atoms with Gasteiger partial charge in [0.2, 0.25) is 0 Å². The highest BCUT2D eigenvalue weighted by atomic mass is 19.1. The fourth-order valence-corrected chi connectivity index (χ4v) is 5.42. The summed E-state index contributed by atoms with van der Waals surface area (Å²) in [4.78, 5) is 0. The van der Waals surface area contributed by atoms with Crippen LogP contribution >= 0.6 is 0 Å². The van der Waals surface area contributed by atoms with E-state index in [1.165, 1.54) is 63.4 Å². The number of aryl methyl sites for hydroxylation is 2. The molecule has 3 aromatic rings. The zero-order valence-electron chi connectivity index (χ0n) is 21.7. The molecule has 0 aliphatic heterocycles. The van der Waals surface area contributed by atoms with E-state index in [9.17, 15) is 0 Å². The first-order chi connectivity index (χ1) is 17.1. The standard InChI is InChI=1S/C34H41F/c1-3-4-5-6-7-8-27-13-15-29(16-14-27)17-18-30-20-24-33-32(25-30)23-22-31(34(33)35)21-19-28-11-9-26(2)10-12-28/h13-16,20,22-26,28H,3-12,19,21H2,1-2H3. The van der Waals surface area contributed by atoms with Crippen LogP contribution in [-0.4, -0.2) is 0 Å². The van der Waals surface area contributed by atoms with Crippen molar-refractivity contribution in [3.63, 3.8) is 0 Å². The first kappa shape index (κ1) is 25.5. The molecule has 1 aliphatic carbocycles. The Bertz CT molecular complexity index is 1140. The highest BCUT2D eigenvalue weighted by Gasteiger charge is 2.18. The smallest absolute Gasteiger partial charge is 0.134 e. The van der Waals surface area contributed by atoms with Gasteiger partial charge in [-0.3, -0.25) is 0 Å². The van der Waals surface area contributed by atoms with Crippen LogP contribution in [0.3, 0.4) is 0 Å². The predicted molar refractivity (Wildman–Crippen MR) is 148 cm³/mol. The molecule has 0 bridgehead atoms. The van der Waals surface area contributed by atoms with Crippen molar-refractivity contribution in [2.45, 2.75) is 90.9 Å². The highest BCUT2D eigenvalue weighted by molar-refractivity contribution is 5.85. The van der Waals surface area contributed by atoms with Crippen molar-refractivity contribution in [2.75, 3.05) is 0 Å². The maximum atomic E-state index is 15.2. The monoisotopic (exact) mass is 468 g/mol. The van der Waals surface area contributed by atoms with Crippen molar-refractivity contribution >= 4 is 10.8 Å². The van der Waals surface area contributed by atoms with Gasteiger partial charge in [-0.2, -0.15) is 0 Å². The summed E-state index contributed by atoms with van der Waals surface area (Å²) < 4.78 is 15.2. The Labute approximate surface area is 212 Å². The highest BCUT2D eigenvalue weighted by Crippen LogP contribution is 2.32. The van der Waals surface area contributed by atoms with Gasteiger partial charge in [0, 0.05) is 16.5 Å². The topological polar surface area (TPSA) is 0 Å². The van der Waals surface area contributed by atoms with Gasteiger partial charge >= 0.3 is 0 Å². The normalized spacial score (nSPS) is 17.8. The van der Waals surface area contributed by atoms with Crippen LogP contribution in [0.1, 0.15) is 100 Å². The van der Waals surface area contributed by atoms with Gasteiger partial charge in [0.05, 0.1) is 0 Å². The van der Waals surface area contributed by atoms with Crippen LogP contribution in [0, 0.1) is 29.5 Å². The SMILES string of the molecule is CCCCCCCc1ccc(C#Cc2ccc3c(F)c(CCC4CCC(C)CC4)ccc3c2)cc1. The summed E-state index contributed by atoms with van der Waals surface area (Å²) in [6.07, 6.45) is 14.9. The molecule has 1 saturated carbocycles. The van der Waals surface area contributed by atoms with Gasteiger partial charge < -0.3 is 0 Å². The van der Waals surface area contributed by atoms with Crippen molar-refractivity contribution < 1.29 is 4.39 Å². The van der Waals surface area contributed by atoms with Gasteiger partial charge in [-0.1, -0.05) is 107 Å². The van der Waals surface area contributed by atoms with Crippen LogP contribution in [0.2, 0.25) is 0 Å². The molecule has 0 heterocycles. The first-order valence-electron chi connectivity index (χ1n) is 13.9. The van der Waals surface area contributed by atoms with Crippen molar-refractivity contribution in [3.05, 3.63) is 82.7 Å². The molecule has 1 aliphatic rings. The zero-order valence-corrected chi connectivity index (χ0v) is 21.7. The van der Waals surface area contributed by atoms with Gasteiger partial charge in [-0.25, -0.2) is 4.39 Å². The summed E-state index contributed by atoms with van der Waals surface area (Å²) in [5, 5.41) is 1.65. The van der Waals surface area contributed by atoms with Crippen molar-refractivity contribution in [2.24, 2.45) is 11.8 Å². The van der Waals surface area contributed by atoms with Gasteiger partial charge in [0.25, 0.3) is 0 Å². The fourth-order valence-electron chi connectivity index (χ4n) is 5.42. The lowest BCUT2D eigenvalue weighted by atomic mass is 9.80. The van der Waals surface area contributed by atoms with Gasteiger partial charge in [0.15, 0.2) is 0 Å². The summed E-state index contributed by atoms with van der Waals surface area (Å²) in [6, 6.07) is 18.6. The lowest BCUT2D eigenvalue weighted by molar-refractivity contribution is 0.277. The Morgan fingerprint density at radius 2 is 1.49 bits per heavy atom. The van der Waals surface area contributed by atoms with Gasteiger partial charge in [0.1, 0.15) is 5.82 Å². The maximum Gasteiger partial charge on any atom is 0.134 e. The second kappa shape index (κ2) is 12.9. The molecule has 0 amide bonds. The van der Waals surface area contributed by atoms with Crippen LogP contribution in [0.5, 0.6) is 0 Å². The molecule has 3 aromatic carbocycles. The minimum absolute atomic E-state index is 0.0449. The second-order valence-corrected chi connectivity index (χ2v) is 10.8. The molecule has 35 heavy (non-hydrogen) atoms. The van der Waals surface area contributed by atoms with E-state index >= 15 is 4.39 Å². The van der Waals surface area contributed by atoms with E-state index in [1.807, 2.05) is 24.3 Å². The van der Waals surface area contributed by atoms with Crippen LogP contribution in [0.15, 0.2) is 54.6 Å². The van der Waals surface area contributed by atoms with E-state index in [0.29, 0.717) is 5.39 Å². The lowest BCUT2D eigenvalue weighted by Gasteiger charge is -2.26. The van der Waals surface area contributed by atoms with E-state index < -0.39 is 0 Å². The Morgan fingerprint density at radius 3 is 2.26 bits per heavy atom. The Hall–Kier alpha value is -2.59. The van der Waals surface area contributed by atoms with Crippen LogP contribution < -0.4 is 0 Å². The quantitative estimate of drug-likeness (QED) is 0.216. The van der Waals surface area contributed by atoms with Crippen LogP contribution in [0.25, 0.3) is 10.8 Å². The van der Waals surface area contributed by atoms with Crippen molar-refractivity contribution in [1.82, 2.24) is 0 Å². The molecule has 0 radical (unpaired) electrons. The van der Waals surface area contributed by atoms with Gasteiger partial charge in [-0.15, -0.1) is 0 Å². The first-order valence-corrected chi connectivity index (χ1v) is 13.9. The largest absolute Gasteiger partial charge is 0.206 e. The molecule has 0 spiro atoms. The molecule has 0 saturated heterocycles. The molecule has 0 aromatic heterocycles. The van der Waals surface area contributed by atoms with E-state index in [4.69, 9.17) is 0 Å².